The topological polar surface area (TPSA) is 101 Å². The van der Waals surface area contributed by atoms with E-state index >= 15 is 0 Å². The first kappa shape index (κ1) is 24.0. The fraction of sp³-hybridized carbons (Fsp3) is 0.333. The molecular weight excluding hydrogens is 448 g/mol. The fourth-order valence-electron chi connectivity index (χ4n) is 3.70. The lowest BCUT2D eigenvalue weighted by Crippen LogP contribution is -2.42. The summed E-state index contributed by atoms with van der Waals surface area (Å²) < 4.78 is 12.8. The molecule has 2 amide bonds. The first-order chi connectivity index (χ1) is 16.9. The van der Waals surface area contributed by atoms with Crippen molar-refractivity contribution in [3.8, 4) is 11.5 Å². The van der Waals surface area contributed by atoms with Crippen molar-refractivity contribution >= 4 is 29.2 Å². The summed E-state index contributed by atoms with van der Waals surface area (Å²) in [6.45, 7) is 3.86. The highest BCUT2D eigenvalue weighted by atomic mass is 16.5. The van der Waals surface area contributed by atoms with E-state index in [1.807, 2.05) is 38.0 Å². The van der Waals surface area contributed by atoms with Crippen molar-refractivity contribution in [3.05, 3.63) is 54.6 Å². The Kier molecular flexibility index (Phi) is 7.16. The molecule has 11 heteroatoms. The number of ether oxygens (including phenoxy) is 2. The highest BCUT2D eigenvalue weighted by molar-refractivity contribution is 6.02. The van der Waals surface area contributed by atoms with Gasteiger partial charge in [-0.3, -0.25) is 9.58 Å². The summed E-state index contributed by atoms with van der Waals surface area (Å²) in [6.07, 6.45) is 8.91. The zero-order valence-electron chi connectivity index (χ0n) is 20.6. The number of amides is 2. The molecule has 1 aliphatic rings. The standard InChI is InChI=1S/C24H30N8O3/c1-6-9-30-15-17-13-25-23(27-18-14-26-31(16-18)11-10-29(2)3)28-22(17)32(24(30)33)20-8-7-19(34-4)12-21(20)35-5/h6-9,12-14,16H,10-11,15H2,1-5H3,(H,25,27,28)/b9-6-. The SMILES string of the molecule is C/C=C\N1Cc2cnc(Nc3cnn(CCN(C)C)c3)nc2N(c2ccc(OC)cc2OC)C1=O. The van der Waals surface area contributed by atoms with Crippen LogP contribution in [-0.2, 0) is 13.1 Å². The minimum Gasteiger partial charge on any atom is -0.497 e. The number of hydrogen-bond acceptors (Lipinski definition) is 8. The van der Waals surface area contributed by atoms with Crippen LogP contribution in [0, 0.1) is 0 Å². The molecule has 184 valence electrons. The molecule has 0 aliphatic carbocycles. The van der Waals surface area contributed by atoms with Gasteiger partial charge in [0, 0.05) is 36.8 Å². The molecular formula is C24H30N8O3. The number of nitrogens with one attached hydrogen (secondary N) is 1. The molecule has 3 heterocycles. The maximum atomic E-state index is 13.5. The van der Waals surface area contributed by atoms with Crippen LogP contribution in [0.2, 0.25) is 0 Å². The second-order valence-electron chi connectivity index (χ2n) is 8.23. The van der Waals surface area contributed by atoms with Gasteiger partial charge in [-0.2, -0.15) is 10.1 Å². The van der Waals surface area contributed by atoms with Crippen LogP contribution in [0.15, 0.2) is 49.1 Å². The summed E-state index contributed by atoms with van der Waals surface area (Å²) in [5.74, 6) is 1.95. The summed E-state index contributed by atoms with van der Waals surface area (Å²) in [7, 11) is 7.17. The number of hydrogen-bond donors (Lipinski definition) is 1. The molecule has 0 fully saturated rings. The summed E-state index contributed by atoms with van der Waals surface area (Å²) in [5.41, 5.74) is 2.11. The molecule has 2 aromatic heterocycles. The Hall–Kier alpha value is -4.12. The van der Waals surface area contributed by atoms with Crippen LogP contribution in [-0.4, -0.2) is 70.4 Å². The van der Waals surface area contributed by atoms with Gasteiger partial charge in [0.15, 0.2) is 5.82 Å². The molecule has 35 heavy (non-hydrogen) atoms. The van der Waals surface area contributed by atoms with Crippen molar-refractivity contribution in [1.29, 1.82) is 0 Å². The first-order valence-electron chi connectivity index (χ1n) is 11.2. The van der Waals surface area contributed by atoms with Crippen molar-refractivity contribution in [1.82, 2.24) is 29.5 Å². The highest BCUT2D eigenvalue weighted by Gasteiger charge is 2.34. The van der Waals surface area contributed by atoms with Crippen LogP contribution in [0.4, 0.5) is 27.9 Å². The van der Waals surface area contributed by atoms with E-state index in [-0.39, 0.29) is 6.03 Å². The van der Waals surface area contributed by atoms with Gasteiger partial charge in [0.05, 0.1) is 44.9 Å². The number of aromatic nitrogens is 4. The van der Waals surface area contributed by atoms with Gasteiger partial charge in [0.25, 0.3) is 0 Å². The number of carbonyl (C=O) groups is 1. The number of likely N-dealkylation sites (N-methyl/N-ethyl adjacent to an activating group) is 1. The monoisotopic (exact) mass is 478 g/mol. The van der Waals surface area contributed by atoms with Gasteiger partial charge in [-0.25, -0.2) is 14.7 Å². The average molecular weight is 479 g/mol. The number of rotatable bonds is 9. The largest absolute Gasteiger partial charge is 0.497 e. The number of methoxy groups -OCH3 is 2. The van der Waals surface area contributed by atoms with Crippen LogP contribution in [0.25, 0.3) is 0 Å². The Labute approximate surface area is 204 Å². The van der Waals surface area contributed by atoms with Crippen molar-refractivity contribution < 1.29 is 14.3 Å². The molecule has 0 unspecified atom stereocenters. The van der Waals surface area contributed by atoms with Gasteiger partial charge >= 0.3 is 6.03 Å². The van der Waals surface area contributed by atoms with Gasteiger partial charge in [-0.15, -0.1) is 0 Å². The van der Waals surface area contributed by atoms with Crippen LogP contribution in [0.3, 0.4) is 0 Å². The lowest BCUT2D eigenvalue weighted by Gasteiger charge is -2.35. The van der Waals surface area contributed by atoms with Crippen LogP contribution in [0.1, 0.15) is 12.5 Å². The number of fused-ring (bicyclic) bond motifs is 1. The maximum Gasteiger partial charge on any atom is 0.334 e. The zero-order valence-corrected chi connectivity index (χ0v) is 20.6. The summed E-state index contributed by atoms with van der Waals surface area (Å²) in [5, 5.41) is 7.58. The third-order valence-electron chi connectivity index (χ3n) is 5.45. The Bertz CT molecular complexity index is 1220. The van der Waals surface area contributed by atoms with E-state index in [9.17, 15) is 4.79 Å². The van der Waals surface area contributed by atoms with E-state index in [0.29, 0.717) is 35.5 Å². The highest BCUT2D eigenvalue weighted by Crippen LogP contribution is 2.40. The summed E-state index contributed by atoms with van der Waals surface area (Å²) in [4.78, 5) is 27.9. The molecule has 0 spiro atoms. The fourth-order valence-corrected chi connectivity index (χ4v) is 3.70. The summed E-state index contributed by atoms with van der Waals surface area (Å²) in [6, 6.07) is 5.05. The van der Waals surface area contributed by atoms with E-state index < -0.39 is 0 Å². The van der Waals surface area contributed by atoms with Gasteiger partial charge in [-0.1, -0.05) is 6.08 Å². The lowest BCUT2D eigenvalue weighted by atomic mass is 10.1. The minimum atomic E-state index is -0.250. The molecule has 0 atom stereocenters. The molecule has 0 saturated heterocycles. The number of allylic oxidation sites excluding steroid dienone is 1. The van der Waals surface area contributed by atoms with E-state index in [0.717, 1.165) is 24.3 Å². The normalized spacial score (nSPS) is 13.5. The predicted octanol–water partition coefficient (Wildman–Crippen LogP) is 3.60. The van der Waals surface area contributed by atoms with Crippen LogP contribution >= 0.6 is 0 Å². The van der Waals surface area contributed by atoms with Gasteiger partial charge in [-0.05, 0) is 33.2 Å². The third-order valence-corrected chi connectivity index (χ3v) is 5.45. The van der Waals surface area contributed by atoms with Crippen molar-refractivity contribution in [3.63, 3.8) is 0 Å². The number of carbonyl (C=O) groups excluding carboxylic acids is 1. The maximum absolute atomic E-state index is 13.5. The summed E-state index contributed by atoms with van der Waals surface area (Å²) >= 11 is 0. The molecule has 11 nitrogen and oxygen atoms in total. The number of benzene rings is 1. The predicted molar refractivity (Wildman–Crippen MR) is 134 cm³/mol. The zero-order chi connectivity index (χ0) is 24.9. The van der Waals surface area contributed by atoms with Crippen molar-refractivity contribution in [2.75, 3.05) is 45.1 Å². The van der Waals surface area contributed by atoms with Gasteiger partial charge < -0.3 is 19.7 Å². The van der Waals surface area contributed by atoms with Gasteiger partial charge in [0.2, 0.25) is 5.95 Å². The van der Waals surface area contributed by atoms with Crippen LogP contribution in [0.5, 0.6) is 11.5 Å². The first-order valence-corrected chi connectivity index (χ1v) is 11.2. The minimum absolute atomic E-state index is 0.250. The van der Waals surface area contributed by atoms with E-state index in [4.69, 9.17) is 14.5 Å². The molecule has 1 N–H and O–H groups in total. The van der Waals surface area contributed by atoms with Gasteiger partial charge in [0.1, 0.15) is 11.5 Å². The molecule has 4 rings (SSSR count). The van der Waals surface area contributed by atoms with Crippen molar-refractivity contribution in [2.45, 2.75) is 20.0 Å². The van der Waals surface area contributed by atoms with E-state index in [2.05, 4.69) is 20.3 Å². The van der Waals surface area contributed by atoms with Crippen molar-refractivity contribution in [2.24, 2.45) is 0 Å². The Balaban J connectivity index is 1.70. The number of nitrogens with zero attached hydrogens (tertiary/aromatic N) is 7. The Morgan fingerprint density at radius 1 is 1.20 bits per heavy atom. The average Bonchev–Trinajstić information content (AvgIpc) is 3.30. The molecule has 0 bridgehead atoms. The Morgan fingerprint density at radius 3 is 2.74 bits per heavy atom. The van der Waals surface area contributed by atoms with E-state index in [1.165, 1.54) is 4.90 Å². The number of urea groups is 1. The van der Waals surface area contributed by atoms with Crippen LogP contribution < -0.4 is 19.7 Å². The smallest absolute Gasteiger partial charge is 0.334 e. The second kappa shape index (κ2) is 10.4. The number of anilines is 4. The second-order valence-corrected chi connectivity index (χ2v) is 8.23. The quantitative estimate of drug-likeness (QED) is 0.498. The molecule has 0 saturated carbocycles. The molecule has 3 aromatic rings. The molecule has 1 aromatic carbocycles. The molecule has 0 radical (unpaired) electrons. The lowest BCUT2D eigenvalue weighted by molar-refractivity contribution is 0.219. The molecule has 1 aliphatic heterocycles. The third kappa shape index (κ3) is 5.19. The van der Waals surface area contributed by atoms with E-state index in [1.54, 1.807) is 55.9 Å². The Morgan fingerprint density at radius 2 is 2.03 bits per heavy atom.